The Morgan fingerprint density at radius 2 is 1.70 bits per heavy atom. The zero-order chi connectivity index (χ0) is 20.7. The van der Waals surface area contributed by atoms with E-state index in [1.54, 1.807) is 0 Å². The first-order chi connectivity index (χ1) is 14.6. The summed E-state index contributed by atoms with van der Waals surface area (Å²) >= 11 is 0. The smallest absolute Gasteiger partial charge is 0.245 e. The molecule has 6 heteroatoms. The second kappa shape index (κ2) is 8.31. The fourth-order valence-corrected chi connectivity index (χ4v) is 5.06. The van der Waals surface area contributed by atoms with Crippen molar-refractivity contribution in [2.24, 2.45) is 5.92 Å². The van der Waals surface area contributed by atoms with E-state index in [1.165, 1.54) is 24.0 Å². The zero-order valence-electron chi connectivity index (χ0n) is 18.1. The predicted octanol–water partition coefficient (Wildman–Crippen LogP) is 1.77. The number of benzene rings is 1. The Bertz CT molecular complexity index is 781. The van der Waals surface area contributed by atoms with Crippen molar-refractivity contribution in [2.75, 3.05) is 32.7 Å². The van der Waals surface area contributed by atoms with Crippen LogP contribution in [-0.4, -0.2) is 77.4 Å². The van der Waals surface area contributed by atoms with Crippen LogP contribution in [0.2, 0.25) is 0 Å². The van der Waals surface area contributed by atoms with Gasteiger partial charge < -0.3 is 15.1 Å². The fourth-order valence-electron chi connectivity index (χ4n) is 5.06. The molecular formula is C24H34N4O2. The molecular weight excluding hydrogens is 376 g/mol. The summed E-state index contributed by atoms with van der Waals surface area (Å²) in [4.78, 5) is 33.0. The minimum absolute atomic E-state index is 0.161. The quantitative estimate of drug-likeness (QED) is 0.777. The summed E-state index contributed by atoms with van der Waals surface area (Å²) < 4.78 is 0. The summed E-state index contributed by atoms with van der Waals surface area (Å²) in [7, 11) is 0. The summed E-state index contributed by atoms with van der Waals surface area (Å²) in [5.74, 6) is 0.546. The lowest BCUT2D eigenvalue weighted by atomic mass is 10.1. The maximum atomic E-state index is 13.4. The number of piperazine rings is 1. The SMILES string of the molecule is Cc1ccc(CN(C2CC2)C2CC(C(=O)N3CCNCC3)N(C(=O)C3CC3)C2)cc1. The van der Waals surface area contributed by atoms with Crippen LogP contribution in [0, 0.1) is 12.8 Å². The molecule has 4 fully saturated rings. The summed E-state index contributed by atoms with van der Waals surface area (Å²) in [6, 6.07) is 9.39. The van der Waals surface area contributed by atoms with E-state index in [0.29, 0.717) is 12.6 Å². The Balaban J connectivity index is 1.34. The van der Waals surface area contributed by atoms with E-state index in [9.17, 15) is 9.59 Å². The molecule has 2 saturated heterocycles. The molecule has 2 unspecified atom stereocenters. The fraction of sp³-hybridized carbons (Fsp3) is 0.667. The Hall–Kier alpha value is -1.92. The predicted molar refractivity (Wildman–Crippen MR) is 116 cm³/mol. The Morgan fingerprint density at radius 1 is 1.00 bits per heavy atom. The minimum atomic E-state index is -0.277. The summed E-state index contributed by atoms with van der Waals surface area (Å²) in [6.45, 7) is 6.94. The third kappa shape index (κ3) is 4.26. The van der Waals surface area contributed by atoms with E-state index in [-0.39, 0.29) is 29.8 Å². The third-order valence-corrected chi connectivity index (χ3v) is 7.17. The number of carbonyl (C=O) groups is 2. The monoisotopic (exact) mass is 410 g/mol. The lowest BCUT2D eigenvalue weighted by Gasteiger charge is -2.32. The normalized spacial score (nSPS) is 27.0. The van der Waals surface area contributed by atoms with E-state index in [0.717, 1.165) is 52.0 Å². The summed E-state index contributed by atoms with van der Waals surface area (Å²) in [5, 5.41) is 3.32. The number of amides is 2. The molecule has 1 aromatic rings. The molecule has 0 spiro atoms. The van der Waals surface area contributed by atoms with Gasteiger partial charge in [-0.05, 0) is 44.6 Å². The third-order valence-electron chi connectivity index (χ3n) is 7.17. The number of carbonyl (C=O) groups excluding carboxylic acids is 2. The molecule has 6 nitrogen and oxygen atoms in total. The van der Waals surface area contributed by atoms with Crippen LogP contribution >= 0.6 is 0 Å². The Kier molecular flexibility index (Phi) is 5.54. The van der Waals surface area contributed by atoms with Gasteiger partial charge >= 0.3 is 0 Å². The molecule has 30 heavy (non-hydrogen) atoms. The van der Waals surface area contributed by atoms with Crippen LogP contribution in [-0.2, 0) is 16.1 Å². The molecule has 0 bridgehead atoms. The van der Waals surface area contributed by atoms with Gasteiger partial charge in [-0.15, -0.1) is 0 Å². The standard InChI is InChI=1S/C24H34N4O2/c1-17-2-4-18(5-3-17)15-27(20-8-9-20)21-14-22(24(30)26-12-10-25-11-13-26)28(16-21)23(29)19-6-7-19/h2-5,19-22,25H,6-16H2,1H3. The maximum absolute atomic E-state index is 13.4. The van der Waals surface area contributed by atoms with E-state index < -0.39 is 0 Å². The molecule has 162 valence electrons. The van der Waals surface area contributed by atoms with Crippen LogP contribution in [0.5, 0.6) is 0 Å². The van der Waals surface area contributed by atoms with Crippen molar-refractivity contribution >= 4 is 11.8 Å². The van der Waals surface area contributed by atoms with Gasteiger partial charge in [0.2, 0.25) is 11.8 Å². The van der Waals surface area contributed by atoms with E-state index in [2.05, 4.69) is 41.4 Å². The van der Waals surface area contributed by atoms with E-state index in [1.807, 2.05) is 9.80 Å². The number of hydrogen-bond donors (Lipinski definition) is 1. The van der Waals surface area contributed by atoms with Crippen molar-refractivity contribution in [1.82, 2.24) is 20.0 Å². The molecule has 2 heterocycles. The highest BCUT2D eigenvalue weighted by Gasteiger charge is 2.48. The van der Waals surface area contributed by atoms with E-state index >= 15 is 0 Å². The second-order valence-corrected chi connectivity index (χ2v) is 9.63. The molecule has 2 amide bonds. The van der Waals surface area contributed by atoms with Crippen LogP contribution in [0.4, 0.5) is 0 Å². The average Bonchev–Trinajstić information content (AvgIpc) is 3.70. The highest BCUT2D eigenvalue weighted by atomic mass is 16.2. The van der Waals surface area contributed by atoms with Gasteiger partial charge in [0.05, 0.1) is 0 Å². The van der Waals surface area contributed by atoms with Gasteiger partial charge in [0.25, 0.3) is 0 Å². The van der Waals surface area contributed by atoms with Crippen molar-refractivity contribution in [3.8, 4) is 0 Å². The van der Waals surface area contributed by atoms with Gasteiger partial charge in [0.15, 0.2) is 0 Å². The Labute approximate surface area is 179 Å². The lowest BCUT2D eigenvalue weighted by molar-refractivity contribution is -0.144. The van der Waals surface area contributed by atoms with Crippen molar-refractivity contribution in [3.63, 3.8) is 0 Å². The number of rotatable bonds is 6. The topological polar surface area (TPSA) is 55.9 Å². The molecule has 1 aromatic carbocycles. The number of nitrogens with zero attached hydrogens (tertiary/aromatic N) is 3. The van der Waals surface area contributed by atoms with Crippen molar-refractivity contribution in [3.05, 3.63) is 35.4 Å². The average molecular weight is 411 g/mol. The van der Waals surface area contributed by atoms with Crippen LogP contribution in [0.3, 0.4) is 0 Å². The molecule has 2 aliphatic heterocycles. The Morgan fingerprint density at radius 3 is 2.33 bits per heavy atom. The van der Waals surface area contributed by atoms with Crippen molar-refractivity contribution in [2.45, 2.75) is 63.7 Å². The number of likely N-dealkylation sites (tertiary alicyclic amines) is 1. The minimum Gasteiger partial charge on any atom is -0.338 e. The number of hydrogen-bond acceptors (Lipinski definition) is 4. The van der Waals surface area contributed by atoms with Gasteiger partial charge in [0, 0.05) is 57.3 Å². The van der Waals surface area contributed by atoms with Gasteiger partial charge in [-0.3, -0.25) is 14.5 Å². The highest BCUT2D eigenvalue weighted by Crippen LogP contribution is 2.38. The summed E-state index contributed by atoms with van der Waals surface area (Å²) in [6.07, 6.45) is 5.22. The van der Waals surface area contributed by atoms with Crippen LogP contribution in [0.1, 0.15) is 43.2 Å². The molecule has 2 saturated carbocycles. The van der Waals surface area contributed by atoms with Gasteiger partial charge in [-0.25, -0.2) is 0 Å². The number of aryl methyl sites for hydroxylation is 1. The molecule has 0 radical (unpaired) electrons. The first-order valence-electron chi connectivity index (χ1n) is 11.7. The number of nitrogens with one attached hydrogen (secondary N) is 1. The van der Waals surface area contributed by atoms with Crippen molar-refractivity contribution < 1.29 is 9.59 Å². The zero-order valence-corrected chi connectivity index (χ0v) is 18.1. The largest absolute Gasteiger partial charge is 0.338 e. The molecule has 0 aromatic heterocycles. The van der Waals surface area contributed by atoms with Crippen LogP contribution in [0.15, 0.2) is 24.3 Å². The van der Waals surface area contributed by atoms with Crippen LogP contribution in [0.25, 0.3) is 0 Å². The molecule has 4 aliphatic rings. The first kappa shape index (κ1) is 20.0. The van der Waals surface area contributed by atoms with Gasteiger partial charge in [0.1, 0.15) is 6.04 Å². The molecule has 2 aliphatic carbocycles. The van der Waals surface area contributed by atoms with Crippen LogP contribution < -0.4 is 5.32 Å². The summed E-state index contributed by atoms with van der Waals surface area (Å²) in [5.41, 5.74) is 2.60. The lowest BCUT2D eigenvalue weighted by Crippen LogP contribution is -2.53. The highest BCUT2D eigenvalue weighted by molar-refractivity contribution is 5.90. The van der Waals surface area contributed by atoms with E-state index in [4.69, 9.17) is 0 Å². The molecule has 2 atom stereocenters. The maximum Gasteiger partial charge on any atom is 0.245 e. The van der Waals surface area contributed by atoms with Gasteiger partial charge in [-0.2, -0.15) is 0 Å². The van der Waals surface area contributed by atoms with Gasteiger partial charge in [-0.1, -0.05) is 29.8 Å². The molecule has 1 N–H and O–H groups in total. The first-order valence-corrected chi connectivity index (χ1v) is 11.7. The second-order valence-electron chi connectivity index (χ2n) is 9.63. The van der Waals surface area contributed by atoms with Crippen molar-refractivity contribution in [1.29, 1.82) is 0 Å². The molecule has 5 rings (SSSR count).